The molecule has 0 spiro atoms. The van der Waals surface area contributed by atoms with Gasteiger partial charge in [-0.05, 0) is 43.3 Å². The molecule has 0 aromatic heterocycles. The second-order valence-corrected chi connectivity index (χ2v) is 8.16. The molecule has 3 unspecified atom stereocenters. The molecule has 3 nitrogen and oxygen atoms in total. The first kappa shape index (κ1) is 15.6. The van der Waals surface area contributed by atoms with Crippen molar-refractivity contribution in [2.45, 2.75) is 42.2 Å². The molecule has 0 amide bonds. The Hall–Kier alpha value is -1.33. The Bertz CT molecular complexity index is 737. The molecular formula is C16H16ClFO3S. The van der Waals surface area contributed by atoms with Crippen molar-refractivity contribution >= 4 is 21.4 Å². The lowest BCUT2D eigenvalue weighted by Gasteiger charge is -2.34. The number of alkyl halides is 1. The van der Waals surface area contributed by atoms with Crippen molar-refractivity contribution in [2.75, 3.05) is 0 Å². The van der Waals surface area contributed by atoms with Gasteiger partial charge in [-0.1, -0.05) is 11.6 Å². The lowest BCUT2D eigenvalue weighted by atomic mass is 9.95. The van der Waals surface area contributed by atoms with Gasteiger partial charge in [0.2, 0.25) is 0 Å². The van der Waals surface area contributed by atoms with Gasteiger partial charge in [-0.2, -0.15) is 0 Å². The van der Waals surface area contributed by atoms with E-state index < -0.39 is 21.3 Å². The van der Waals surface area contributed by atoms with Crippen LogP contribution in [0, 0.1) is 0 Å². The van der Waals surface area contributed by atoms with E-state index in [1.807, 2.05) is 6.92 Å². The lowest BCUT2D eigenvalue weighted by Crippen LogP contribution is -2.36. The van der Waals surface area contributed by atoms with Gasteiger partial charge in [0.15, 0.2) is 9.84 Å². The summed E-state index contributed by atoms with van der Waals surface area (Å²) in [5, 5.41) is -0.317. The summed E-state index contributed by atoms with van der Waals surface area (Å²) in [7, 11) is -3.62. The summed E-state index contributed by atoms with van der Waals surface area (Å²) in [5.74, 6) is 0.496. The first-order valence-electron chi connectivity index (χ1n) is 7.10. The maximum atomic E-state index is 13.7. The molecule has 1 aliphatic heterocycles. The van der Waals surface area contributed by atoms with Gasteiger partial charge < -0.3 is 4.74 Å². The predicted molar refractivity (Wildman–Crippen MR) is 83.3 cm³/mol. The van der Waals surface area contributed by atoms with Gasteiger partial charge in [-0.3, -0.25) is 0 Å². The normalized spacial score (nSPS) is 28.2. The molecule has 1 aromatic rings. The average molecular weight is 343 g/mol. The van der Waals surface area contributed by atoms with Gasteiger partial charge in [-0.15, -0.1) is 0 Å². The van der Waals surface area contributed by atoms with E-state index in [4.69, 9.17) is 16.3 Å². The van der Waals surface area contributed by atoms with Crippen molar-refractivity contribution in [1.29, 1.82) is 0 Å². The van der Waals surface area contributed by atoms with Crippen molar-refractivity contribution in [1.82, 2.24) is 0 Å². The molecule has 118 valence electrons. The molecule has 2 aliphatic rings. The number of hydrogen-bond donors (Lipinski definition) is 0. The van der Waals surface area contributed by atoms with E-state index in [0.717, 1.165) is 0 Å². The molecule has 0 N–H and O–H groups in total. The maximum Gasteiger partial charge on any atom is 0.185 e. The monoisotopic (exact) mass is 342 g/mol. The van der Waals surface area contributed by atoms with E-state index in [1.54, 1.807) is 18.2 Å². The maximum absolute atomic E-state index is 13.7. The van der Waals surface area contributed by atoms with Crippen LogP contribution in [0.4, 0.5) is 4.39 Å². The van der Waals surface area contributed by atoms with Gasteiger partial charge in [0.1, 0.15) is 11.9 Å². The summed E-state index contributed by atoms with van der Waals surface area (Å²) >= 11 is 5.82. The summed E-state index contributed by atoms with van der Waals surface area (Å²) in [5.41, 5.74) is 0.437. The number of fused-ring (bicyclic) bond motifs is 1. The first-order valence-corrected chi connectivity index (χ1v) is 9.03. The highest BCUT2D eigenvalue weighted by Gasteiger charge is 2.40. The fraction of sp³-hybridized carbons (Fsp3) is 0.375. The number of hydrogen-bond acceptors (Lipinski definition) is 3. The van der Waals surface area contributed by atoms with Crippen LogP contribution in [-0.2, 0) is 14.6 Å². The highest BCUT2D eigenvalue weighted by Crippen LogP contribution is 2.38. The summed E-state index contributed by atoms with van der Waals surface area (Å²) in [6.07, 6.45) is 2.14. The van der Waals surface area contributed by atoms with Crippen molar-refractivity contribution in [3.63, 3.8) is 0 Å². The summed E-state index contributed by atoms with van der Waals surface area (Å²) < 4.78 is 45.2. The Morgan fingerprint density at radius 1 is 1.27 bits per heavy atom. The molecule has 0 bridgehead atoms. The second-order valence-electron chi connectivity index (χ2n) is 5.59. The van der Waals surface area contributed by atoms with E-state index in [2.05, 4.69) is 0 Å². The Morgan fingerprint density at radius 2 is 1.95 bits per heavy atom. The highest BCUT2D eigenvalue weighted by molar-refractivity contribution is 7.92. The minimum absolute atomic E-state index is 0.192. The Labute approximate surface area is 134 Å². The quantitative estimate of drug-likeness (QED) is 0.820. The third kappa shape index (κ3) is 2.79. The van der Waals surface area contributed by atoms with Crippen molar-refractivity contribution < 1.29 is 17.5 Å². The molecule has 1 fully saturated rings. The van der Waals surface area contributed by atoms with Crippen LogP contribution in [0.1, 0.15) is 19.8 Å². The predicted octanol–water partition coefficient (Wildman–Crippen LogP) is 3.84. The SMILES string of the molecule is CC1CC(S(=O)(=O)c2ccc(Cl)cc2)C2=CC(F)CC=C2O1. The standard InChI is InChI=1S/C16H16ClFO3S/c1-10-8-16(14-9-12(18)4-7-15(14)21-10)22(19,20)13-5-2-11(17)3-6-13/h2-3,5-7,9-10,12,16H,4,8H2,1H3. The Morgan fingerprint density at radius 3 is 2.64 bits per heavy atom. The van der Waals surface area contributed by atoms with Crippen LogP contribution < -0.4 is 0 Å². The molecular weight excluding hydrogens is 327 g/mol. The molecule has 1 saturated heterocycles. The minimum Gasteiger partial charge on any atom is -0.491 e. The number of allylic oxidation sites excluding steroid dienone is 3. The third-order valence-electron chi connectivity index (χ3n) is 3.91. The molecule has 1 aliphatic carbocycles. The van der Waals surface area contributed by atoms with E-state index in [1.165, 1.54) is 18.2 Å². The van der Waals surface area contributed by atoms with Gasteiger partial charge in [0.25, 0.3) is 0 Å². The highest BCUT2D eigenvalue weighted by atomic mass is 35.5. The Balaban J connectivity index is 2.04. The van der Waals surface area contributed by atoms with E-state index in [-0.39, 0.29) is 17.4 Å². The lowest BCUT2D eigenvalue weighted by molar-refractivity contribution is 0.108. The van der Waals surface area contributed by atoms with Crippen LogP contribution in [0.5, 0.6) is 0 Å². The molecule has 1 aromatic carbocycles. The van der Waals surface area contributed by atoms with Gasteiger partial charge in [0, 0.05) is 23.4 Å². The van der Waals surface area contributed by atoms with Crippen LogP contribution in [0.2, 0.25) is 5.02 Å². The molecule has 1 heterocycles. The fourth-order valence-electron chi connectivity index (χ4n) is 2.84. The van der Waals surface area contributed by atoms with Crippen LogP contribution >= 0.6 is 11.6 Å². The van der Waals surface area contributed by atoms with Crippen LogP contribution in [-0.4, -0.2) is 25.9 Å². The van der Waals surface area contributed by atoms with Crippen molar-refractivity contribution in [3.8, 4) is 0 Å². The van der Waals surface area contributed by atoms with Crippen LogP contribution in [0.25, 0.3) is 0 Å². The van der Waals surface area contributed by atoms with Crippen LogP contribution in [0.15, 0.2) is 52.6 Å². The molecule has 22 heavy (non-hydrogen) atoms. The summed E-state index contributed by atoms with van der Waals surface area (Å²) in [6.45, 7) is 1.82. The molecule has 0 radical (unpaired) electrons. The third-order valence-corrected chi connectivity index (χ3v) is 6.29. The van der Waals surface area contributed by atoms with Gasteiger partial charge in [-0.25, -0.2) is 12.8 Å². The van der Waals surface area contributed by atoms with E-state index >= 15 is 0 Å². The van der Waals surface area contributed by atoms with E-state index in [9.17, 15) is 12.8 Å². The smallest absolute Gasteiger partial charge is 0.185 e. The molecule has 0 saturated carbocycles. The zero-order valence-electron chi connectivity index (χ0n) is 12.0. The number of benzene rings is 1. The van der Waals surface area contributed by atoms with E-state index in [0.29, 0.717) is 22.8 Å². The number of sulfone groups is 1. The van der Waals surface area contributed by atoms with Crippen LogP contribution in [0.3, 0.4) is 0 Å². The minimum atomic E-state index is -3.62. The van der Waals surface area contributed by atoms with Crippen molar-refractivity contribution in [3.05, 3.63) is 52.8 Å². The summed E-state index contributed by atoms with van der Waals surface area (Å²) in [4.78, 5) is 0.192. The second kappa shape index (κ2) is 5.70. The number of rotatable bonds is 2. The first-order chi connectivity index (χ1) is 10.4. The zero-order chi connectivity index (χ0) is 15.9. The van der Waals surface area contributed by atoms with Gasteiger partial charge >= 0.3 is 0 Å². The molecule has 3 atom stereocenters. The Kier molecular flexibility index (Phi) is 4.03. The van der Waals surface area contributed by atoms with Crippen molar-refractivity contribution in [2.24, 2.45) is 0 Å². The molecule has 6 heteroatoms. The average Bonchev–Trinajstić information content (AvgIpc) is 2.47. The fourth-order valence-corrected chi connectivity index (χ4v) is 4.86. The van der Waals surface area contributed by atoms with Gasteiger partial charge in [0.05, 0.1) is 16.2 Å². The summed E-state index contributed by atoms with van der Waals surface area (Å²) in [6, 6.07) is 6.05. The zero-order valence-corrected chi connectivity index (χ0v) is 13.6. The largest absolute Gasteiger partial charge is 0.491 e. The number of halogens is 2. The number of ether oxygens (including phenoxy) is 1. The topological polar surface area (TPSA) is 43.4 Å². The molecule has 3 rings (SSSR count).